The third-order valence-corrected chi connectivity index (χ3v) is 0.990. The molecule has 1 heterocycles. The fraction of sp³-hybridized carbons (Fsp3) is 0. The summed E-state index contributed by atoms with van der Waals surface area (Å²) in [7, 11) is 0. The second kappa shape index (κ2) is 3.44. The topological polar surface area (TPSA) is 150 Å². The van der Waals surface area contributed by atoms with E-state index in [0.717, 1.165) is 0 Å². The lowest BCUT2D eigenvalue weighted by atomic mass is 10.5. The van der Waals surface area contributed by atoms with Crippen LogP contribution in [0.25, 0.3) is 0 Å². The standard InChI is InChI=1S/C4H3N3O4.H3N/c8-2-1(7-11)3(9)6-4(10)5-2;/h(H3,5,6,8,9,10);1H3. The van der Waals surface area contributed by atoms with Gasteiger partial charge in [0.25, 0.3) is 5.56 Å². The van der Waals surface area contributed by atoms with Gasteiger partial charge in [0.05, 0.1) is 0 Å². The summed E-state index contributed by atoms with van der Waals surface area (Å²) in [5, 5.41) is 10.9. The molecule has 0 aliphatic heterocycles. The lowest BCUT2D eigenvalue weighted by Gasteiger charge is -1.90. The van der Waals surface area contributed by atoms with Crippen molar-refractivity contribution in [1.82, 2.24) is 16.1 Å². The van der Waals surface area contributed by atoms with Crippen LogP contribution >= 0.6 is 0 Å². The van der Waals surface area contributed by atoms with Crippen molar-refractivity contribution in [3.63, 3.8) is 0 Å². The Kier molecular flexibility index (Phi) is 2.88. The van der Waals surface area contributed by atoms with Crippen molar-refractivity contribution in [2.45, 2.75) is 0 Å². The van der Waals surface area contributed by atoms with E-state index in [1.807, 2.05) is 0 Å². The number of aromatic amines is 2. The highest BCUT2D eigenvalue weighted by molar-refractivity contribution is 5.42. The van der Waals surface area contributed by atoms with Crippen molar-refractivity contribution >= 4 is 5.69 Å². The van der Waals surface area contributed by atoms with Gasteiger partial charge in [0.15, 0.2) is 0 Å². The number of nitroso groups, excluding NO2 is 1. The number of aromatic hydroxyl groups is 1. The Hall–Kier alpha value is -1.96. The van der Waals surface area contributed by atoms with Crippen LogP contribution in [0, 0.1) is 4.91 Å². The predicted molar refractivity (Wildman–Crippen MR) is 39.8 cm³/mol. The van der Waals surface area contributed by atoms with Crippen LogP contribution in [-0.2, 0) is 0 Å². The fourth-order valence-corrected chi connectivity index (χ4v) is 0.553. The molecule has 0 radical (unpaired) electrons. The minimum Gasteiger partial charge on any atom is -0.493 e. The summed E-state index contributed by atoms with van der Waals surface area (Å²) in [5.74, 6) is -0.825. The Bertz CT molecular complexity index is 391. The number of hydrogen-bond donors (Lipinski definition) is 4. The summed E-state index contributed by atoms with van der Waals surface area (Å²) in [6.07, 6.45) is 0. The van der Waals surface area contributed by atoms with Crippen molar-refractivity contribution in [1.29, 1.82) is 0 Å². The molecule has 0 saturated heterocycles. The average molecular weight is 174 g/mol. The summed E-state index contributed by atoms with van der Waals surface area (Å²) in [4.78, 5) is 34.2. The van der Waals surface area contributed by atoms with Crippen molar-refractivity contribution < 1.29 is 5.11 Å². The van der Waals surface area contributed by atoms with Gasteiger partial charge < -0.3 is 11.3 Å². The highest BCUT2D eigenvalue weighted by Gasteiger charge is 2.06. The highest BCUT2D eigenvalue weighted by Crippen LogP contribution is 2.13. The summed E-state index contributed by atoms with van der Waals surface area (Å²) in [6.45, 7) is 0. The first-order chi connectivity index (χ1) is 5.15. The molecule has 1 rings (SSSR count). The smallest absolute Gasteiger partial charge is 0.328 e. The van der Waals surface area contributed by atoms with Gasteiger partial charge in [-0.2, -0.15) is 0 Å². The molecule has 0 aliphatic carbocycles. The minimum atomic E-state index is -1.01. The molecule has 12 heavy (non-hydrogen) atoms. The summed E-state index contributed by atoms with van der Waals surface area (Å²) >= 11 is 0. The molecule has 66 valence electrons. The Morgan fingerprint density at radius 1 is 1.25 bits per heavy atom. The second-order valence-electron chi connectivity index (χ2n) is 1.70. The molecule has 0 aromatic carbocycles. The molecule has 0 atom stereocenters. The maximum Gasteiger partial charge on any atom is 0.328 e. The molecule has 0 fully saturated rings. The molecule has 1 aromatic rings. The van der Waals surface area contributed by atoms with Crippen LogP contribution in [0.4, 0.5) is 5.69 Å². The van der Waals surface area contributed by atoms with Gasteiger partial charge in [-0.15, -0.1) is 4.91 Å². The highest BCUT2D eigenvalue weighted by atomic mass is 16.3. The van der Waals surface area contributed by atoms with Crippen molar-refractivity contribution in [3.05, 3.63) is 25.7 Å². The predicted octanol–water partition coefficient (Wildman–Crippen LogP) is -0.671. The summed E-state index contributed by atoms with van der Waals surface area (Å²) in [6, 6.07) is 0. The normalized spacial score (nSPS) is 8.67. The molecule has 0 unspecified atom stereocenters. The van der Waals surface area contributed by atoms with Crippen LogP contribution in [0.15, 0.2) is 14.8 Å². The lowest BCUT2D eigenvalue weighted by Crippen LogP contribution is -2.20. The number of aromatic nitrogens is 2. The van der Waals surface area contributed by atoms with Crippen LogP contribution < -0.4 is 17.4 Å². The number of hydrogen-bond acceptors (Lipinski definition) is 6. The van der Waals surface area contributed by atoms with Gasteiger partial charge in [0.1, 0.15) is 0 Å². The summed E-state index contributed by atoms with van der Waals surface area (Å²) < 4.78 is 0. The third kappa shape index (κ3) is 1.55. The Morgan fingerprint density at radius 2 is 1.83 bits per heavy atom. The van der Waals surface area contributed by atoms with E-state index in [4.69, 9.17) is 5.11 Å². The molecular weight excluding hydrogens is 168 g/mol. The molecule has 8 nitrogen and oxygen atoms in total. The van der Waals surface area contributed by atoms with Gasteiger partial charge in [-0.25, -0.2) is 4.79 Å². The number of rotatable bonds is 1. The van der Waals surface area contributed by atoms with Gasteiger partial charge >= 0.3 is 5.69 Å². The molecular formula is C4H6N4O4. The third-order valence-electron chi connectivity index (χ3n) is 0.990. The first-order valence-electron chi connectivity index (χ1n) is 2.54. The fourth-order valence-electron chi connectivity index (χ4n) is 0.553. The zero-order chi connectivity index (χ0) is 8.43. The van der Waals surface area contributed by atoms with E-state index < -0.39 is 22.8 Å². The van der Waals surface area contributed by atoms with E-state index in [1.54, 1.807) is 9.97 Å². The maximum atomic E-state index is 10.6. The van der Waals surface area contributed by atoms with Crippen LogP contribution in [0.5, 0.6) is 5.88 Å². The SMILES string of the molecule is N.O=Nc1c(O)[nH]c(=O)[nH]c1=O. The van der Waals surface area contributed by atoms with E-state index >= 15 is 0 Å². The Labute approximate surface area is 64.8 Å². The Balaban J connectivity index is 0.00000121. The zero-order valence-electron chi connectivity index (χ0n) is 5.83. The van der Waals surface area contributed by atoms with Crippen LogP contribution in [-0.4, -0.2) is 15.1 Å². The Morgan fingerprint density at radius 3 is 2.25 bits per heavy atom. The first kappa shape index (κ1) is 10.0. The van der Waals surface area contributed by atoms with E-state index in [0.29, 0.717) is 0 Å². The summed E-state index contributed by atoms with van der Waals surface area (Å²) in [5.41, 5.74) is -2.63. The van der Waals surface area contributed by atoms with Crippen molar-refractivity contribution in [2.24, 2.45) is 5.18 Å². The lowest BCUT2D eigenvalue weighted by molar-refractivity contribution is 0.450. The molecule has 0 aliphatic rings. The van der Waals surface area contributed by atoms with E-state index in [-0.39, 0.29) is 6.15 Å². The molecule has 6 N–H and O–H groups in total. The van der Waals surface area contributed by atoms with Crippen LogP contribution in [0.3, 0.4) is 0 Å². The molecule has 1 aromatic heterocycles. The van der Waals surface area contributed by atoms with Gasteiger partial charge in [0, 0.05) is 0 Å². The van der Waals surface area contributed by atoms with E-state index in [1.165, 1.54) is 0 Å². The van der Waals surface area contributed by atoms with Crippen molar-refractivity contribution in [2.75, 3.05) is 0 Å². The van der Waals surface area contributed by atoms with Crippen LogP contribution in [0.2, 0.25) is 0 Å². The van der Waals surface area contributed by atoms with Gasteiger partial charge in [-0.05, 0) is 5.18 Å². The van der Waals surface area contributed by atoms with Crippen LogP contribution in [0.1, 0.15) is 0 Å². The molecule has 0 amide bonds. The average Bonchev–Trinajstić information content (AvgIpc) is 1.85. The minimum absolute atomic E-state index is 0. The largest absolute Gasteiger partial charge is 0.493 e. The zero-order valence-corrected chi connectivity index (χ0v) is 5.83. The second-order valence-corrected chi connectivity index (χ2v) is 1.70. The molecule has 0 saturated carbocycles. The molecule has 0 bridgehead atoms. The number of nitrogens with zero attached hydrogens (tertiary/aromatic N) is 1. The maximum absolute atomic E-state index is 10.6. The molecule has 8 heteroatoms. The number of nitrogens with one attached hydrogen (secondary N) is 2. The monoisotopic (exact) mass is 174 g/mol. The van der Waals surface area contributed by atoms with Crippen molar-refractivity contribution in [3.8, 4) is 5.88 Å². The van der Waals surface area contributed by atoms with Gasteiger partial charge in [0.2, 0.25) is 11.6 Å². The van der Waals surface area contributed by atoms with E-state index in [2.05, 4.69) is 5.18 Å². The molecule has 0 spiro atoms. The van der Waals surface area contributed by atoms with E-state index in [9.17, 15) is 14.5 Å². The quantitative estimate of drug-likeness (QED) is 0.416. The first-order valence-corrected chi connectivity index (χ1v) is 2.54. The number of H-pyrrole nitrogens is 2. The van der Waals surface area contributed by atoms with Gasteiger partial charge in [-0.1, -0.05) is 0 Å². The van der Waals surface area contributed by atoms with Gasteiger partial charge in [-0.3, -0.25) is 14.8 Å².